The molecule has 6 heteroatoms. The summed E-state index contributed by atoms with van der Waals surface area (Å²) in [6.07, 6.45) is 4.05. The van der Waals surface area contributed by atoms with Crippen molar-refractivity contribution in [3.05, 3.63) is 70.1 Å². The van der Waals surface area contributed by atoms with Gasteiger partial charge in [0.1, 0.15) is 5.82 Å². The van der Waals surface area contributed by atoms with Gasteiger partial charge < -0.3 is 9.47 Å². The van der Waals surface area contributed by atoms with Crippen LogP contribution in [-0.2, 0) is 18.6 Å². The Morgan fingerprint density at radius 2 is 1.73 bits per heavy atom. The zero-order valence-corrected chi connectivity index (χ0v) is 16.7. The van der Waals surface area contributed by atoms with Gasteiger partial charge in [-0.05, 0) is 57.2 Å². The number of hydrogen-bond acceptors (Lipinski definition) is 2. The molecule has 134 valence electrons. The number of rotatable bonds is 2. The Balaban J connectivity index is 1.70. The monoisotopic (exact) mass is 412 g/mol. The second kappa shape index (κ2) is 6.13. The summed E-state index contributed by atoms with van der Waals surface area (Å²) in [4.78, 5) is 14.7. The van der Waals surface area contributed by atoms with E-state index < -0.39 is 0 Å². The number of hydrogen-bond donors (Lipinski definition) is 0. The lowest BCUT2D eigenvalue weighted by atomic mass is 10.1. The topological polar surface area (TPSA) is 43.1 Å². The molecule has 0 atom stereocenters. The quantitative estimate of drug-likeness (QED) is 0.627. The fraction of sp³-hybridized carbons (Fsp3) is 0.300. The summed E-state index contributed by atoms with van der Waals surface area (Å²) in [5.41, 5.74) is 2.67. The Hall–Kier alpha value is -2.34. The van der Waals surface area contributed by atoms with Crippen LogP contribution in [0.15, 0.2) is 53.3 Å². The Morgan fingerprint density at radius 1 is 1.08 bits per heavy atom. The van der Waals surface area contributed by atoms with E-state index >= 15 is 0 Å². The van der Waals surface area contributed by atoms with Gasteiger partial charge in [-0.15, -0.1) is 0 Å². The predicted octanol–water partition coefficient (Wildman–Crippen LogP) is 4.35. The fourth-order valence-corrected chi connectivity index (χ4v) is 3.59. The van der Waals surface area contributed by atoms with E-state index in [1.54, 1.807) is 0 Å². The van der Waals surface area contributed by atoms with Gasteiger partial charge in [-0.1, -0.05) is 15.9 Å². The number of amides is 1. The first-order valence-electron chi connectivity index (χ1n) is 8.64. The van der Waals surface area contributed by atoms with Crippen molar-refractivity contribution in [2.24, 2.45) is 0 Å². The molecule has 2 aromatic heterocycles. The lowest BCUT2D eigenvalue weighted by Crippen LogP contribution is -2.29. The normalized spacial score (nSPS) is 13.9. The Kier molecular flexibility index (Phi) is 4.03. The van der Waals surface area contributed by atoms with E-state index in [1.807, 2.05) is 53.7 Å². The van der Waals surface area contributed by atoms with Gasteiger partial charge in [0, 0.05) is 28.0 Å². The van der Waals surface area contributed by atoms with Gasteiger partial charge in [0.25, 0.3) is 5.91 Å². The molecular weight excluding hydrogens is 392 g/mol. The number of benzene rings is 1. The first kappa shape index (κ1) is 17.1. The molecule has 0 saturated carbocycles. The van der Waals surface area contributed by atoms with Crippen molar-refractivity contribution < 1.29 is 4.79 Å². The van der Waals surface area contributed by atoms with E-state index in [2.05, 4.69) is 46.0 Å². The molecule has 3 aromatic rings. The van der Waals surface area contributed by atoms with Crippen LogP contribution >= 0.6 is 15.9 Å². The van der Waals surface area contributed by atoms with Crippen molar-refractivity contribution in [3.63, 3.8) is 0 Å². The van der Waals surface area contributed by atoms with Crippen LogP contribution in [0.3, 0.4) is 0 Å². The van der Waals surface area contributed by atoms with Gasteiger partial charge in [0.15, 0.2) is 0 Å². The highest BCUT2D eigenvalue weighted by Crippen LogP contribution is 2.32. The third-order valence-corrected chi connectivity index (χ3v) is 5.12. The summed E-state index contributed by atoms with van der Waals surface area (Å²) in [5.74, 6) is 1.08. The van der Waals surface area contributed by atoms with Crippen LogP contribution in [0.25, 0.3) is 5.82 Å². The van der Waals surface area contributed by atoms with Crippen molar-refractivity contribution in [1.82, 2.24) is 19.2 Å². The highest BCUT2D eigenvalue weighted by atomic mass is 79.9. The van der Waals surface area contributed by atoms with Crippen LogP contribution in [0.2, 0.25) is 0 Å². The third-order valence-electron chi connectivity index (χ3n) is 4.59. The SMILES string of the molecule is CC(C)(C)n1nc2c(c1-n1cccc1)CN(C(=O)c1ccc(Br)cc1)C2. The summed E-state index contributed by atoms with van der Waals surface area (Å²) < 4.78 is 5.12. The average molecular weight is 413 g/mol. The van der Waals surface area contributed by atoms with Crippen LogP contribution in [-0.4, -0.2) is 25.2 Å². The molecule has 1 aromatic carbocycles. The molecule has 0 fully saturated rings. The number of carbonyl (C=O) groups excluding carboxylic acids is 1. The maximum Gasteiger partial charge on any atom is 0.254 e. The maximum atomic E-state index is 12.9. The van der Waals surface area contributed by atoms with Crippen LogP contribution < -0.4 is 0 Å². The van der Waals surface area contributed by atoms with Gasteiger partial charge in [0.2, 0.25) is 0 Å². The molecule has 0 N–H and O–H groups in total. The molecule has 0 unspecified atom stereocenters. The summed E-state index contributed by atoms with van der Waals surface area (Å²) in [5, 5.41) is 4.85. The van der Waals surface area contributed by atoms with Crippen molar-refractivity contribution in [2.75, 3.05) is 0 Å². The van der Waals surface area contributed by atoms with Crippen molar-refractivity contribution in [1.29, 1.82) is 0 Å². The first-order valence-corrected chi connectivity index (χ1v) is 9.43. The fourth-order valence-electron chi connectivity index (χ4n) is 3.33. The van der Waals surface area contributed by atoms with E-state index in [0.717, 1.165) is 21.5 Å². The van der Waals surface area contributed by atoms with Crippen LogP contribution in [0.5, 0.6) is 0 Å². The highest BCUT2D eigenvalue weighted by molar-refractivity contribution is 9.10. The number of fused-ring (bicyclic) bond motifs is 1. The van der Waals surface area contributed by atoms with E-state index in [1.165, 1.54) is 0 Å². The van der Waals surface area contributed by atoms with Crippen molar-refractivity contribution in [3.8, 4) is 5.82 Å². The highest BCUT2D eigenvalue weighted by Gasteiger charge is 2.33. The molecule has 1 aliphatic heterocycles. The molecule has 0 aliphatic carbocycles. The second-order valence-electron chi connectivity index (χ2n) is 7.59. The molecule has 0 spiro atoms. The minimum Gasteiger partial charge on any atom is -0.328 e. The van der Waals surface area contributed by atoms with E-state index in [9.17, 15) is 4.79 Å². The number of aromatic nitrogens is 3. The lowest BCUT2D eigenvalue weighted by Gasteiger charge is -2.24. The van der Waals surface area contributed by atoms with Crippen LogP contribution in [0, 0.1) is 0 Å². The number of carbonyl (C=O) groups is 1. The summed E-state index contributed by atoms with van der Waals surface area (Å²) >= 11 is 3.41. The smallest absolute Gasteiger partial charge is 0.254 e. The Bertz CT molecular complexity index is 949. The standard InChI is InChI=1S/C20H21BrN4O/c1-20(2,3)25-18(23-10-4-5-11-23)16-12-24(13-17(16)22-25)19(26)14-6-8-15(21)9-7-14/h4-11H,12-13H2,1-3H3. The molecule has 0 saturated heterocycles. The number of halogens is 1. The molecule has 3 heterocycles. The Morgan fingerprint density at radius 3 is 2.35 bits per heavy atom. The van der Waals surface area contributed by atoms with E-state index in [-0.39, 0.29) is 11.4 Å². The molecule has 1 aliphatic rings. The van der Waals surface area contributed by atoms with Crippen molar-refractivity contribution >= 4 is 21.8 Å². The minimum absolute atomic E-state index is 0.0382. The predicted molar refractivity (Wildman–Crippen MR) is 104 cm³/mol. The maximum absolute atomic E-state index is 12.9. The molecule has 26 heavy (non-hydrogen) atoms. The van der Waals surface area contributed by atoms with Gasteiger partial charge in [0.05, 0.1) is 24.3 Å². The summed E-state index contributed by atoms with van der Waals surface area (Å²) in [6, 6.07) is 11.5. The largest absolute Gasteiger partial charge is 0.328 e. The minimum atomic E-state index is -0.134. The summed E-state index contributed by atoms with van der Waals surface area (Å²) in [6.45, 7) is 7.56. The lowest BCUT2D eigenvalue weighted by molar-refractivity contribution is 0.0748. The van der Waals surface area contributed by atoms with E-state index in [0.29, 0.717) is 18.7 Å². The molecular formula is C20H21BrN4O. The van der Waals surface area contributed by atoms with E-state index in [4.69, 9.17) is 5.10 Å². The van der Waals surface area contributed by atoms with Crippen LogP contribution in [0.4, 0.5) is 0 Å². The second-order valence-corrected chi connectivity index (χ2v) is 8.51. The molecule has 0 radical (unpaired) electrons. The average Bonchev–Trinajstić information content (AvgIpc) is 3.29. The molecule has 0 bridgehead atoms. The van der Waals surface area contributed by atoms with Gasteiger partial charge in [-0.2, -0.15) is 5.10 Å². The third kappa shape index (κ3) is 2.88. The van der Waals surface area contributed by atoms with Gasteiger partial charge in [-0.3, -0.25) is 4.79 Å². The summed E-state index contributed by atoms with van der Waals surface area (Å²) in [7, 11) is 0. The molecule has 1 amide bonds. The zero-order chi connectivity index (χ0) is 18.5. The molecule has 4 rings (SSSR count). The number of nitrogens with zero attached hydrogens (tertiary/aromatic N) is 4. The first-order chi connectivity index (χ1) is 12.3. The van der Waals surface area contributed by atoms with Gasteiger partial charge >= 0.3 is 0 Å². The van der Waals surface area contributed by atoms with Crippen LogP contribution in [0.1, 0.15) is 42.4 Å². The van der Waals surface area contributed by atoms with Crippen molar-refractivity contribution in [2.45, 2.75) is 39.4 Å². The molecule has 5 nitrogen and oxygen atoms in total. The zero-order valence-electron chi connectivity index (χ0n) is 15.1. The van der Waals surface area contributed by atoms with Gasteiger partial charge in [-0.25, -0.2) is 4.68 Å². The Labute approximate surface area is 161 Å².